The molecule has 0 aliphatic carbocycles. The fraction of sp³-hybridized carbons (Fsp3) is 0.200. The molecule has 5 nitrogen and oxygen atoms in total. The second-order valence-corrected chi connectivity index (χ2v) is 7.03. The minimum absolute atomic E-state index is 0.0604. The summed E-state index contributed by atoms with van der Waals surface area (Å²) in [5.74, 6) is 0.404. The van der Waals surface area contributed by atoms with Gasteiger partial charge in [0.2, 0.25) is 0 Å². The van der Waals surface area contributed by atoms with Crippen LogP contribution >= 0.6 is 0 Å². The Balaban J connectivity index is 1.90. The standard InChI is InChI=1S/C25H25N3O2/c1-5-30-23-12-10-22(11-13-23)28-18(3)14-20(19(28)4)15-21(16-26)25(29)27-24-9-7-6-8-17(24)2/h6-15H,5H2,1-4H3,(H,27,29)/b21-15-. The number of nitrogens with zero attached hydrogens (tertiary/aromatic N) is 2. The van der Waals surface area contributed by atoms with Gasteiger partial charge in [-0.15, -0.1) is 0 Å². The highest BCUT2D eigenvalue weighted by molar-refractivity contribution is 6.10. The molecule has 0 saturated carbocycles. The van der Waals surface area contributed by atoms with Crippen molar-refractivity contribution in [2.45, 2.75) is 27.7 Å². The first kappa shape index (κ1) is 20.9. The van der Waals surface area contributed by atoms with Crippen molar-refractivity contribution in [3.8, 4) is 17.5 Å². The molecule has 1 aromatic heterocycles. The predicted molar refractivity (Wildman–Crippen MR) is 120 cm³/mol. The molecule has 0 aliphatic heterocycles. The fourth-order valence-electron chi connectivity index (χ4n) is 3.40. The largest absolute Gasteiger partial charge is 0.494 e. The van der Waals surface area contributed by atoms with Crippen LogP contribution in [0.4, 0.5) is 5.69 Å². The van der Waals surface area contributed by atoms with Gasteiger partial charge in [-0.05, 0) is 81.3 Å². The van der Waals surface area contributed by atoms with Crippen LogP contribution in [0.5, 0.6) is 5.75 Å². The van der Waals surface area contributed by atoms with Gasteiger partial charge in [0, 0.05) is 22.8 Å². The van der Waals surface area contributed by atoms with Crippen molar-refractivity contribution in [3.63, 3.8) is 0 Å². The zero-order valence-electron chi connectivity index (χ0n) is 17.7. The lowest BCUT2D eigenvalue weighted by atomic mass is 10.1. The lowest BCUT2D eigenvalue weighted by Crippen LogP contribution is -2.14. The Labute approximate surface area is 177 Å². The highest BCUT2D eigenvalue weighted by Gasteiger charge is 2.14. The summed E-state index contributed by atoms with van der Waals surface area (Å²) >= 11 is 0. The Hall–Kier alpha value is -3.78. The van der Waals surface area contributed by atoms with Crippen molar-refractivity contribution in [3.05, 3.63) is 82.7 Å². The first-order chi connectivity index (χ1) is 14.4. The van der Waals surface area contributed by atoms with Crippen LogP contribution in [0.15, 0.2) is 60.2 Å². The molecule has 3 aromatic rings. The summed E-state index contributed by atoms with van der Waals surface area (Å²) in [6.07, 6.45) is 1.64. The van der Waals surface area contributed by atoms with Crippen LogP contribution in [0.25, 0.3) is 11.8 Å². The predicted octanol–water partition coefficient (Wildman–Crippen LogP) is 5.35. The Bertz CT molecular complexity index is 1130. The Morgan fingerprint density at radius 1 is 1.13 bits per heavy atom. The molecule has 1 heterocycles. The number of amides is 1. The molecule has 0 radical (unpaired) electrons. The number of hydrogen-bond donors (Lipinski definition) is 1. The van der Waals surface area contributed by atoms with Crippen LogP contribution in [-0.4, -0.2) is 17.1 Å². The maximum atomic E-state index is 12.6. The van der Waals surface area contributed by atoms with E-state index in [-0.39, 0.29) is 5.57 Å². The molecule has 0 fully saturated rings. The van der Waals surface area contributed by atoms with Crippen LogP contribution in [0, 0.1) is 32.1 Å². The van der Waals surface area contributed by atoms with Crippen LogP contribution in [-0.2, 0) is 4.79 Å². The molecule has 0 unspecified atom stereocenters. The third-order valence-corrected chi connectivity index (χ3v) is 4.93. The van der Waals surface area contributed by atoms with E-state index >= 15 is 0 Å². The van der Waals surface area contributed by atoms with E-state index in [1.54, 1.807) is 6.08 Å². The average Bonchev–Trinajstić information content (AvgIpc) is 3.01. The van der Waals surface area contributed by atoms with Crippen molar-refractivity contribution in [2.24, 2.45) is 0 Å². The molecule has 2 aromatic carbocycles. The van der Waals surface area contributed by atoms with Gasteiger partial charge in [-0.2, -0.15) is 5.26 Å². The summed E-state index contributed by atoms with van der Waals surface area (Å²) in [4.78, 5) is 12.6. The number of rotatable bonds is 6. The molecule has 0 bridgehead atoms. The van der Waals surface area contributed by atoms with Gasteiger partial charge in [0.25, 0.3) is 5.91 Å². The van der Waals surface area contributed by atoms with E-state index in [4.69, 9.17) is 4.74 Å². The molecule has 0 saturated heterocycles. The van der Waals surface area contributed by atoms with Crippen LogP contribution in [0.3, 0.4) is 0 Å². The molecule has 3 rings (SSSR count). The van der Waals surface area contributed by atoms with Crippen molar-refractivity contribution in [2.75, 3.05) is 11.9 Å². The van der Waals surface area contributed by atoms with Gasteiger partial charge in [-0.3, -0.25) is 4.79 Å². The number of hydrogen-bond acceptors (Lipinski definition) is 3. The zero-order chi connectivity index (χ0) is 21.7. The normalized spacial score (nSPS) is 11.1. The van der Waals surface area contributed by atoms with E-state index < -0.39 is 5.91 Å². The van der Waals surface area contributed by atoms with E-state index in [1.807, 2.05) is 88.4 Å². The van der Waals surface area contributed by atoms with Gasteiger partial charge in [0.1, 0.15) is 17.4 Å². The minimum Gasteiger partial charge on any atom is -0.494 e. The smallest absolute Gasteiger partial charge is 0.266 e. The van der Waals surface area contributed by atoms with Crippen molar-refractivity contribution >= 4 is 17.7 Å². The molecular formula is C25H25N3O2. The zero-order valence-corrected chi connectivity index (χ0v) is 17.7. The third kappa shape index (κ3) is 4.44. The lowest BCUT2D eigenvalue weighted by Gasteiger charge is -2.11. The number of anilines is 1. The monoisotopic (exact) mass is 399 g/mol. The topological polar surface area (TPSA) is 67.0 Å². The first-order valence-corrected chi connectivity index (χ1v) is 9.85. The lowest BCUT2D eigenvalue weighted by molar-refractivity contribution is -0.112. The van der Waals surface area contributed by atoms with E-state index in [0.29, 0.717) is 12.3 Å². The highest BCUT2D eigenvalue weighted by atomic mass is 16.5. The Morgan fingerprint density at radius 2 is 1.83 bits per heavy atom. The van der Waals surface area contributed by atoms with E-state index in [9.17, 15) is 10.1 Å². The van der Waals surface area contributed by atoms with Gasteiger partial charge in [0.05, 0.1) is 6.61 Å². The second kappa shape index (κ2) is 9.15. The average molecular weight is 399 g/mol. The molecule has 152 valence electrons. The second-order valence-electron chi connectivity index (χ2n) is 7.03. The Kier molecular flexibility index (Phi) is 6.38. The van der Waals surface area contributed by atoms with Crippen LogP contribution in [0.2, 0.25) is 0 Å². The van der Waals surface area contributed by atoms with E-state index in [2.05, 4.69) is 9.88 Å². The summed E-state index contributed by atoms with van der Waals surface area (Å²) in [6, 6.07) is 19.4. The summed E-state index contributed by atoms with van der Waals surface area (Å²) in [5, 5.41) is 12.4. The molecule has 30 heavy (non-hydrogen) atoms. The maximum Gasteiger partial charge on any atom is 0.266 e. The van der Waals surface area contributed by atoms with Gasteiger partial charge >= 0.3 is 0 Å². The van der Waals surface area contributed by atoms with Crippen molar-refractivity contribution in [1.29, 1.82) is 5.26 Å². The van der Waals surface area contributed by atoms with Crippen molar-refractivity contribution < 1.29 is 9.53 Å². The number of nitriles is 1. The number of ether oxygens (including phenoxy) is 1. The molecule has 1 amide bonds. The van der Waals surface area contributed by atoms with Crippen molar-refractivity contribution in [1.82, 2.24) is 4.57 Å². The van der Waals surface area contributed by atoms with Gasteiger partial charge < -0.3 is 14.6 Å². The number of nitrogens with one attached hydrogen (secondary N) is 1. The van der Waals surface area contributed by atoms with Gasteiger partial charge in [0.15, 0.2) is 0 Å². The molecule has 5 heteroatoms. The number of aromatic nitrogens is 1. The summed E-state index contributed by atoms with van der Waals surface area (Å²) in [6.45, 7) is 8.46. The quantitative estimate of drug-likeness (QED) is 0.449. The minimum atomic E-state index is -0.419. The number of carbonyl (C=O) groups excluding carboxylic acids is 1. The molecule has 0 aliphatic rings. The van der Waals surface area contributed by atoms with Crippen LogP contribution in [0.1, 0.15) is 29.4 Å². The molecule has 1 N–H and O–H groups in total. The molecule has 0 spiro atoms. The number of benzene rings is 2. The first-order valence-electron chi connectivity index (χ1n) is 9.85. The summed E-state index contributed by atoms with van der Waals surface area (Å²) in [5.41, 5.74) is 5.49. The van der Waals surface area contributed by atoms with E-state index in [1.165, 1.54) is 0 Å². The van der Waals surface area contributed by atoms with E-state index in [0.717, 1.165) is 34.0 Å². The van der Waals surface area contributed by atoms with Gasteiger partial charge in [-0.25, -0.2) is 0 Å². The third-order valence-electron chi connectivity index (χ3n) is 4.93. The summed E-state index contributed by atoms with van der Waals surface area (Å²) in [7, 11) is 0. The van der Waals surface area contributed by atoms with Crippen LogP contribution < -0.4 is 10.1 Å². The fourth-order valence-corrected chi connectivity index (χ4v) is 3.40. The number of carbonyl (C=O) groups is 1. The number of aryl methyl sites for hydroxylation is 2. The maximum absolute atomic E-state index is 12.6. The highest BCUT2D eigenvalue weighted by Crippen LogP contribution is 2.25. The van der Waals surface area contributed by atoms with Gasteiger partial charge in [-0.1, -0.05) is 18.2 Å². The summed E-state index contributed by atoms with van der Waals surface area (Å²) < 4.78 is 7.61. The SMILES string of the molecule is CCOc1ccc(-n2c(C)cc(/C=C(/C#N)C(=O)Nc3ccccc3C)c2C)cc1. The Morgan fingerprint density at radius 3 is 2.47 bits per heavy atom. The molecule has 0 atom stereocenters. The molecular weight excluding hydrogens is 374 g/mol. The number of para-hydroxylation sites is 1.